The lowest BCUT2D eigenvalue weighted by Gasteiger charge is -2.64. The summed E-state index contributed by atoms with van der Waals surface area (Å²) in [6.45, 7) is 9.54. The second-order valence-electron chi connectivity index (χ2n) is 21.5. The highest BCUT2D eigenvalue weighted by molar-refractivity contribution is 5.85. The van der Waals surface area contributed by atoms with E-state index in [-0.39, 0.29) is 54.0 Å². The van der Waals surface area contributed by atoms with E-state index in [4.69, 9.17) is 42.6 Å². The van der Waals surface area contributed by atoms with Gasteiger partial charge in [-0.05, 0) is 113 Å². The number of hydrogen-bond acceptors (Lipinski definition) is 18. The van der Waals surface area contributed by atoms with E-state index in [1.54, 1.807) is 19.9 Å². The molecule has 4 aliphatic carbocycles. The van der Waals surface area contributed by atoms with Gasteiger partial charge in [0.25, 0.3) is 0 Å². The Balaban J connectivity index is 0.872. The Kier molecular flexibility index (Phi) is 14.0. The van der Waals surface area contributed by atoms with Gasteiger partial charge in [0.2, 0.25) is 0 Å². The highest BCUT2D eigenvalue weighted by Crippen LogP contribution is 2.70. The molecule has 0 aromatic rings. The summed E-state index contributed by atoms with van der Waals surface area (Å²) >= 11 is 0. The molecule has 0 bridgehead atoms. The maximum Gasteiger partial charge on any atom is 0.331 e. The monoisotopic (exact) mass is 926 g/mol. The number of esters is 1. The fourth-order valence-electron chi connectivity index (χ4n) is 14.2. The average Bonchev–Trinajstić information content (AvgIpc) is 3.81. The van der Waals surface area contributed by atoms with Crippen LogP contribution in [0.1, 0.15) is 112 Å². The van der Waals surface area contributed by atoms with Crippen molar-refractivity contribution in [1.82, 2.24) is 0 Å². The van der Waals surface area contributed by atoms with Crippen molar-refractivity contribution in [2.75, 3.05) is 13.2 Å². The molecule has 0 aromatic heterocycles. The molecular formula is C47H74O18. The highest BCUT2D eigenvalue weighted by Gasteiger charge is 2.68. The molecule has 1 unspecified atom stereocenters. The first kappa shape index (κ1) is 48.6. The van der Waals surface area contributed by atoms with Gasteiger partial charge in [-0.15, -0.1) is 0 Å². The Hall–Kier alpha value is -1.43. The van der Waals surface area contributed by atoms with Gasteiger partial charge in [0, 0.05) is 30.8 Å². The maximum atomic E-state index is 12.7. The van der Waals surface area contributed by atoms with Crippen molar-refractivity contribution in [3.63, 3.8) is 0 Å². The molecule has 9 rings (SSSR count). The lowest BCUT2D eigenvalue weighted by Crippen LogP contribution is -2.62. The molecule has 0 spiro atoms. The zero-order chi connectivity index (χ0) is 46.3. The Bertz CT molecular complexity index is 1710. The molecule has 18 heteroatoms. The van der Waals surface area contributed by atoms with Crippen LogP contribution in [0.25, 0.3) is 0 Å². The number of ether oxygens (including phenoxy) is 9. The van der Waals surface area contributed by atoms with E-state index in [9.17, 15) is 45.6 Å². The molecule has 0 amide bonds. The van der Waals surface area contributed by atoms with E-state index in [1.165, 1.54) is 0 Å². The maximum absolute atomic E-state index is 12.7. The lowest BCUT2D eigenvalue weighted by atomic mass is 9.43. The van der Waals surface area contributed by atoms with Crippen molar-refractivity contribution < 1.29 is 88.3 Å². The fourth-order valence-corrected chi connectivity index (χ4v) is 14.2. The number of cyclic esters (lactones) is 1. The van der Waals surface area contributed by atoms with Crippen molar-refractivity contribution in [3.8, 4) is 0 Å². The number of aliphatic hydroxyl groups is 8. The van der Waals surface area contributed by atoms with E-state index < -0.39 is 117 Å². The van der Waals surface area contributed by atoms with E-state index >= 15 is 0 Å². The molecule has 18 nitrogen and oxygen atoms in total. The molecule has 9 aliphatic rings. The Morgan fingerprint density at radius 1 is 0.662 bits per heavy atom. The van der Waals surface area contributed by atoms with Crippen LogP contribution in [-0.4, -0.2) is 176 Å². The first-order valence-electron chi connectivity index (χ1n) is 24.4. The van der Waals surface area contributed by atoms with Crippen LogP contribution in [0.3, 0.4) is 0 Å². The van der Waals surface area contributed by atoms with Crippen LogP contribution in [0.4, 0.5) is 0 Å². The van der Waals surface area contributed by atoms with Crippen molar-refractivity contribution >= 4 is 5.97 Å². The number of fused-ring (bicyclic) bond motifs is 5. The second kappa shape index (κ2) is 18.7. The van der Waals surface area contributed by atoms with Gasteiger partial charge in [-0.1, -0.05) is 13.8 Å². The quantitative estimate of drug-likeness (QED) is 0.113. The van der Waals surface area contributed by atoms with Crippen molar-refractivity contribution in [2.24, 2.45) is 34.5 Å². The summed E-state index contributed by atoms with van der Waals surface area (Å²) in [5.41, 5.74) is -0.0165. The van der Waals surface area contributed by atoms with Gasteiger partial charge in [0.15, 0.2) is 25.2 Å². The molecule has 8 fully saturated rings. The summed E-state index contributed by atoms with van der Waals surface area (Å²) in [6.07, 6.45) is -8.07. The minimum absolute atomic E-state index is 0.0227. The van der Waals surface area contributed by atoms with E-state index in [1.807, 2.05) is 6.92 Å². The first-order chi connectivity index (χ1) is 30.8. The predicted octanol–water partition coefficient (Wildman–Crippen LogP) is 1.07. The number of aliphatic hydroxyl groups excluding tert-OH is 7. The summed E-state index contributed by atoms with van der Waals surface area (Å²) in [7, 11) is 0. The molecule has 370 valence electrons. The Morgan fingerprint density at radius 2 is 1.35 bits per heavy atom. The molecule has 4 saturated heterocycles. The molecular weight excluding hydrogens is 852 g/mol. The summed E-state index contributed by atoms with van der Waals surface area (Å²) in [5.74, 6) is 0.839. The summed E-state index contributed by atoms with van der Waals surface area (Å²) in [5, 5.41) is 85.9. The van der Waals surface area contributed by atoms with Gasteiger partial charge in [-0.2, -0.15) is 0 Å². The standard InChI is InChI=1S/C47H74O18/c1-21-38(51)30(49)16-35(58-21)65-43-23(3)60-36(18-32(43)62-37-17-31(39(52)22(2)59-37)63-44-42(55)41(54)40(53)33(19-48)64-44)61-26-8-11-45(4)25(15-26)6-7-29-28(45)9-12-46(5)27(10-13-47(29,46)56)24-14-34(50)57-20-24/h14,21-23,25-33,35-44,48-49,51-56H,6-13,15-20H2,1-5H3/t21-,22-,23-,25-,26+,27-,28+,29-,30+,31+,32+,33-,35-,36-,37-,38-,39-,40-,41+,42-,43-,44-,45+,46-,47?/m1/s1. The Labute approximate surface area is 380 Å². The average molecular weight is 927 g/mol. The van der Waals surface area contributed by atoms with Gasteiger partial charge < -0.3 is 83.5 Å². The number of hydrogen-bond donors (Lipinski definition) is 8. The Morgan fingerprint density at radius 3 is 2.06 bits per heavy atom. The fraction of sp³-hybridized carbons (Fsp3) is 0.936. The van der Waals surface area contributed by atoms with Crippen molar-refractivity contribution in [3.05, 3.63) is 11.6 Å². The van der Waals surface area contributed by atoms with Gasteiger partial charge in [0.05, 0.1) is 54.9 Å². The smallest absolute Gasteiger partial charge is 0.331 e. The predicted molar refractivity (Wildman–Crippen MR) is 224 cm³/mol. The topological polar surface area (TPSA) is 262 Å². The van der Waals surface area contributed by atoms with E-state index in [0.717, 1.165) is 63.4 Å². The van der Waals surface area contributed by atoms with Crippen LogP contribution in [-0.2, 0) is 47.4 Å². The molecule has 0 aromatic carbocycles. The van der Waals surface area contributed by atoms with Crippen molar-refractivity contribution in [2.45, 2.75) is 228 Å². The molecule has 5 aliphatic heterocycles. The summed E-state index contributed by atoms with van der Waals surface area (Å²) in [6, 6.07) is 0. The zero-order valence-electron chi connectivity index (χ0n) is 38.3. The SMILES string of the molecule is C[C@H]1O[C@H](O[C@H]2C[C@@H](O[C@H]3CC[C@@]4(C)[C@H](CC[C@@H]5[C@@H]4CC[C@]4(C)[C@@H](C6=CC(=O)OC6)CCC54O)C3)O[C@H](C)[C@H]2O[C@@H]2C[C@H](O)[C@H](O)[C@@H](C)O2)C[C@H](O[C@@H]2O[C@H](CO)[C@@H](O)[C@H](O)[C@H]2O)[C@@H]1O. The van der Waals surface area contributed by atoms with Crippen LogP contribution >= 0.6 is 0 Å². The highest BCUT2D eigenvalue weighted by atomic mass is 16.8. The minimum Gasteiger partial charge on any atom is -0.458 e. The third kappa shape index (κ3) is 8.79. The van der Waals surface area contributed by atoms with Crippen LogP contribution < -0.4 is 0 Å². The molecule has 0 radical (unpaired) electrons. The summed E-state index contributed by atoms with van der Waals surface area (Å²) < 4.78 is 55.7. The van der Waals surface area contributed by atoms with Crippen molar-refractivity contribution in [1.29, 1.82) is 0 Å². The van der Waals surface area contributed by atoms with Gasteiger partial charge in [0.1, 0.15) is 49.3 Å². The summed E-state index contributed by atoms with van der Waals surface area (Å²) in [4.78, 5) is 12.0. The zero-order valence-corrected chi connectivity index (χ0v) is 38.3. The third-order valence-corrected chi connectivity index (χ3v) is 18.0. The second-order valence-corrected chi connectivity index (χ2v) is 21.5. The minimum atomic E-state index is -1.67. The van der Waals surface area contributed by atoms with E-state index in [0.29, 0.717) is 18.4 Å². The van der Waals surface area contributed by atoms with Gasteiger partial charge >= 0.3 is 5.97 Å². The number of rotatable bonds is 10. The third-order valence-electron chi connectivity index (χ3n) is 18.0. The largest absolute Gasteiger partial charge is 0.458 e. The molecule has 8 N–H and O–H groups in total. The van der Waals surface area contributed by atoms with Crippen LogP contribution in [0.2, 0.25) is 0 Å². The van der Waals surface area contributed by atoms with E-state index in [2.05, 4.69) is 13.8 Å². The lowest BCUT2D eigenvalue weighted by molar-refractivity contribution is -0.357. The first-order valence-corrected chi connectivity index (χ1v) is 24.4. The molecule has 65 heavy (non-hydrogen) atoms. The molecule has 4 saturated carbocycles. The van der Waals surface area contributed by atoms with Gasteiger partial charge in [-0.3, -0.25) is 0 Å². The van der Waals surface area contributed by atoms with Gasteiger partial charge in [-0.25, -0.2) is 4.79 Å². The van der Waals surface area contributed by atoms with Crippen LogP contribution in [0.15, 0.2) is 11.6 Å². The van der Waals surface area contributed by atoms with Crippen LogP contribution in [0.5, 0.6) is 0 Å². The number of carbonyl (C=O) groups excluding carboxylic acids is 1. The van der Waals surface area contributed by atoms with Crippen LogP contribution in [0, 0.1) is 34.5 Å². The normalized spacial score (nSPS) is 54.8. The number of carbonyl (C=O) groups is 1. The molecule has 25 atom stereocenters. The molecule has 5 heterocycles.